The van der Waals surface area contributed by atoms with Crippen molar-refractivity contribution in [2.45, 2.75) is 76.2 Å². The Balaban J connectivity index is 1.62. The smallest absolute Gasteiger partial charge is 0.120 e. The number of thiazole rings is 1. The third-order valence-electron chi connectivity index (χ3n) is 5.65. The minimum Gasteiger partial charge on any atom is -0.387 e. The number of fused-ring (bicyclic) bond motifs is 1. The van der Waals surface area contributed by atoms with Crippen LogP contribution in [0, 0.1) is 5.92 Å². The third-order valence-corrected chi connectivity index (χ3v) is 6.93. The summed E-state index contributed by atoms with van der Waals surface area (Å²) in [5.74, 6) is 1.37. The maximum Gasteiger partial charge on any atom is 0.120 e. The molecule has 0 bridgehead atoms. The zero-order chi connectivity index (χ0) is 14.9. The molecule has 2 heterocycles. The Morgan fingerprint density at radius 2 is 1.86 bits per heavy atom. The van der Waals surface area contributed by atoms with Gasteiger partial charge in [0, 0.05) is 4.88 Å². The summed E-state index contributed by atoms with van der Waals surface area (Å²) in [7, 11) is 0. The molecule has 2 saturated carbocycles. The first-order chi connectivity index (χ1) is 10.8. The van der Waals surface area contributed by atoms with Crippen LogP contribution in [0.5, 0.6) is 0 Å². The van der Waals surface area contributed by atoms with Crippen molar-refractivity contribution in [1.82, 2.24) is 9.38 Å². The Kier molecular flexibility index (Phi) is 4.23. The molecule has 2 aromatic rings. The summed E-state index contributed by atoms with van der Waals surface area (Å²) in [6, 6.07) is 0. The average Bonchev–Trinajstić information content (AvgIpc) is 3.24. The first-order valence-electron chi connectivity index (χ1n) is 8.95. The molecule has 0 amide bonds. The van der Waals surface area contributed by atoms with Crippen molar-refractivity contribution in [3.8, 4) is 0 Å². The zero-order valence-corrected chi connectivity index (χ0v) is 14.0. The predicted octanol–water partition coefficient (Wildman–Crippen LogP) is 5.06. The van der Waals surface area contributed by atoms with Gasteiger partial charge in [0.15, 0.2) is 0 Å². The fraction of sp³-hybridized carbons (Fsp3) is 0.722. The normalized spacial score (nSPS) is 22.6. The first-order valence-corrected chi connectivity index (χ1v) is 9.77. The van der Waals surface area contributed by atoms with Gasteiger partial charge in [0.1, 0.15) is 11.2 Å². The maximum atomic E-state index is 11.0. The molecule has 0 spiro atoms. The van der Waals surface area contributed by atoms with E-state index < -0.39 is 0 Å². The van der Waals surface area contributed by atoms with Crippen LogP contribution in [0.4, 0.5) is 0 Å². The molecule has 1 atom stereocenters. The van der Waals surface area contributed by atoms with Crippen molar-refractivity contribution in [3.63, 3.8) is 0 Å². The highest BCUT2D eigenvalue weighted by molar-refractivity contribution is 7.17. The van der Waals surface area contributed by atoms with Crippen LogP contribution in [0.1, 0.15) is 86.8 Å². The van der Waals surface area contributed by atoms with Crippen LogP contribution in [0.15, 0.2) is 12.5 Å². The van der Waals surface area contributed by atoms with E-state index in [4.69, 9.17) is 0 Å². The Morgan fingerprint density at radius 1 is 1.14 bits per heavy atom. The van der Waals surface area contributed by atoms with Gasteiger partial charge in [-0.05, 0) is 31.1 Å². The summed E-state index contributed by atoms with van der Waals surface area (Å²) >= 11 is 1.86. The highest BCUT2D eigenvalue weighted by atomic mass is 32.1. The van der Waals surface area contributed by atoms with E-state index in [-0.39, 0.29) is 6.10 Å². The molecule has 0 unspecified atom stereocenters. The lowest BCUT2D eigenvalue weighted by atomic mass is 9.84. The van der Waals surface area contributed by atoms with E-state index in [9.17, 15) is 5.11 Å². The molecule has 22 heavy (non-hydrogen) atoms. The highest BCUT2D eigenvalue weighted by Gasteiger charge is 2.29. The number of hydrogen-bond donors (Lipinski definition) is 1. The van der Waals surface area contributed by atoms with Gasteiger partial charge >= 0.3 is 0 Å². The van der Waals surface area contributed by atoms with E-state index in [0.29, 0.717) is 11.8 Å². The van der Waals surface area contributed by atoms with Crippen LogP contribution in [-0.4, -0.2) is 14.5 Å². The van der Waals surface area contributed by atoms with Gasteiger partial charge in [0.25, 0.3) is 0 Å². The summed E-state index contributed by atoms with van der Waals surface area (Å²) in [6.45, 7) is 0. The minimum absolute atomic E-state index is 0.318. The van der Waals surface area contributed by atoms with Gasteiger partial charge < -0.3 is 5.11 Å². The van der Waals surface area contributed by atoms with Crippen LogP contribution in [0.3, 0.4) is 0 Å². The van der Waals surface area contributed by atoms with Crippen LogP contribution >= 0.6 is 11.3 Å². The van der Waals surface area contributed by atoms with Crippen molar-refractivity contribution in [2.24, 2.45) is 5.92 Å². The molecule has 2 aliphatic rings. The first kappa shape index (κ1) is 14.7. The number of rotatable bonds is 4. The van der Waals surface area contributed by atoms with E-state index in [1.807, 2.05) is 23.9 Å². The zero-order valence-electron chi connectivity index (χ0n) is 13.2. The van der Waals surface area contributed by atoms with Crippen molar-refractivity contribution in [2.75, 3.05) is 0 Å². The molecular weight excluding hydrogens is 292 g/mol. The van der Waals surface area contributed by atoms with Crippen molar-refractivity contribution in [3.05, 3.63) is 23.1 Å². The number of aromatic nitrogens is 2. The maximum absolute atomic E-state index is 11.0. The van der Waals surface area contributed by atoms with Crippen molar-refractivity contribution >= 4 is 16.2 Å². The molecular formula is C18H26N2OS. The summed E-state index contributed by atoms with van der Waals surface area (Å²) in [6.07, 6.45) is 16.4. The summed E-state index contributed by atoms with van der Waals surface area (Å²) < 4.78 is 2.16. The molecule has 2 fully saturated rings. The van der Waals surface area contributed by atoms with E-state index in [1.165, 1.54) is 67.5 Å². The molecule has 0 aromatic carbocycles. The summed E-state index contributed by atoms with van der Waals surface area (Å²) in [5.41, 5.74) is 1.16. The van der Waals surface area contributed by atoms with E-state index in [2.05, 4.69) is 9.38 Å². The van der Waals surface area contributed by atoms with Gasteiger partial charge in [-0.15, -0.1) is 11.3 Å². The van der Waals surface area contributed by atoms with E-state index >= 15 is 0 Å². The lowest BCUT2D eigenvalue weighted by molar-refractivity contribution is 0.125. The SMILES string of the molecule is O[C@H](CC1CCCCC1)c1c(C2CCCC2)sc2cncn12. The number of nitrogens with zero attached hydrogens (tertiary/aromatic N) is 2. The molecule has 0 saturated heterocycles. The number of aliphatic hydroxyl groups excluding tert-OH is 1. The monoisotopic (exact) mass is 318 g/mol. The molecule has 120 valence electrons. The Morgan fingerprint density at radius 3 is 2.64 bits per heavy atom. The molecule has 2 aromatic heterocycles. The van der Waals surface area contributed by atoms with Gasteiger partial charge in [-0.2, -0.15) is 0 Å². The van der Waals surface area contributed by atoms with Crippen molar-refractivity contribution < 1.29 is 5.11 Å². The Hall–Kier alpha value is -0.870. The Labute approximate surface area is 136 Å². The molecule has 4 heteroatoms. The average molecular weight is 318 g/mol. The lowest BCUT2D eigenvalue weighted by Crippen LogP contribution is -2.13. The van der Waals surface area contributed by atoms with Gasteiger partial charge in [-0.25, -0.2) is 4.98 Å². The largest absolute Gasteiger partial charge is 0.387 e. The standard InChI is InChI=1S/C18H26N2OS/c21-15(10-13-6-2-1-3-7-13)17-18(14-8-4-5-9-14)22-16-11-19-12-20(16)17/h11-15,21H,1-10H2/t15-/m1/s1. The van der Waals surface area contributed by atoms with Crippen LogP contribution in [0.25, 0.3) is 4.83 Å². The van der Waals surface area contributed by atoms with Gasteiger partial charge in [-0.1, -0.05) is 44.9 Å². The van der Waals surface area contributed by atoms with E-state index in [0.717, 1.165) is 12.1 Å². The lowest BCUT2D eigenvalue weighted by Gasteiger charge is -2.25. The summed E-state index contributed by atoms with van der Waals surface area (Å²) in [4.78, 5) is 6.92. The fourth-order valence-corrected chi connectivity index (χ4v) is 5.80. The quantitative estimate of drug-likeness (QED) is 0.856. The van der Waals surface area contributed by atoms with E-state index in [1.54, 1.807) is 0 Å². The van der Waals surface area contributed by atoms with Crippen LogP contribution in [-0.2, 0) is 0 Å². The number of imidazole rings is 1. The molecule has 3 nitrogen and oxygen atoms in total. The summed E-state index contributed by atoms with van der Waals surface area (Å²) in [5, 5.41) is 11.0. The predicted molar refractivity (Wildman–Crippen MR) is 90.4 cm³/mol. The second-order valence-electron chi connectivity index (χ2n) is 7.19. The number of hydrogen-bond acceptors (Lipinski definition) is 3. The van der Waals surface area contributed by atoms with Crippen LogP contribution in [0.2, 0.25) is 0 Å². The third kappa shape index (κ3) is 2.71. The minimum atomic E-state index is -0.318. The fourth-order valence-electron chi connectivity index (χ4n) is 4.48. The Bertz CT molecular complexity index is 620. The highest BCUT2D eigenvalue weighted by Crippen LogP contribution is 2.43. The topological polar surface area (TPSA) is 37.5 Å². The molecule has 0 aliphatic heterocycles. The molecule has 4 rings (SSSR count). The molecule has 1 N–H and O–H groups in total. The van der Waals surface area contributed by atoms with Gasteiger partial charge in [0.2, 0.25) is 0 Å². The molecule has 0 radical (unpaired) electrons. The number of aliphatic hydroxyl groups is 1. The second-order valence-corrected chi connectivity index (χ2v) is 8.25. The second kappa shape index (κ2) is 6.32. The van der Waals surface area contributed by atoms with Crippen molar-refractivity contribution in [1.29, 1.82) is 0 Å². The van der Waals surface area contributed by atoms with Gasteiger partial charge in [0.05, 0.1) is 18.0 Å². The van der Waals surface area contributed by atoms with Crippen LogP contribution < -0.4 is 0 Å². The molecule has 2 aliphatic carbocycles. The van der Waals surface area contributed by atoms with Gasteiger partial charge in [-0.3, -0.25) is 4.40 Å².